The van der Waals surface area contributed by atoms with Crippen LogP contribution >= 0.6 is 0 Å². The van der Waals surface area contributed by atoms with Crippen LogP contribution in [0.15, 0.2) is 60.7 Å². The summed E-state index contributed by atoms with van der Waals surface area (Å²) in [5.41, 5.74) is 13.0. The maximum atomic E-state index is 13.8. The monoisotopic (exact) mass is 995 g/mol. The van der Waals surface area contributed by atoms with E-state index >= 15 is 0 Å². The van der Waals surface area contributed by atoms with Crippen molar-refractivity contribution in [2.75, 3.05) is 19.7 Å². The van der Waals surface area contributed by atoms with E-state index < -0.39 is 115 Å². The zero-order valence-corrected chi connectivity index (χ0v) is 42.1. The van der Waals surface area contributed by atoms with Crippen LogP contribution in [0.1, 0.15) is 98.1 Å². The molecule has 0 saturated carbocycles. The summed E-state index contributed by atoms with van der Waals surface area (Å²) in [6.45, 7) is 11.0. The number of carboxylic acids is 1. The highest BCUT2D eigenvalue weighted by atomic mass is 16.4. The van der Waals surface area contributed by atoms with Crippen LogP contribution in [0.3, 0.4) is 0 Å². The number of aliphatic hydroxyl groups is 1. The maximum Gasteiger partial charge on any atom is 0.326 e. The molecule has 9 unspecified atom stereocenters. The average Bonchev–Trinajstić information content (AvgIpc) is 3.32. The third-order valence-corrected chi connectivity index (χ3v) is 11.6. The fourth-order valence-corrected chi connectivity index (χ4v) is 7.33. The van der Waals surface area contributed by atoms with Crippen molar-refractivity contribution in [2.24, 2.45) is 29.2 Å². The molecule has 394 valence electrons. The lowest BCUT2D eigenvalue weighted by molar-refractivity contribution is -0.142. The van der Waals surface area contributed by atoms with Gasteiger partial charge in [-0.25, -0.2) is 4.79 Å². The summed E-state index contributed by atoms with van der Waals surface area (Å²) >= 11 is 0. The number of carbonyl (C=O) groups excluding carboxylic acids is 8. The molecule has 21 heteroatoms. The van der Waals surface area contributed by atoms with E-state index in [2.05, 4.69) is 42.5 Å². The van der Waals surface area contributed by atoms with E-state index in [0.29, 0.717) is 43.4 Å². The molecule has 0 spiro atoms. The number of nitrogens with one attached hydrogen (secondary N) is 8. The molecular formula is C50H78N10O11. The molecule has 8 amide bonds. The van der Waals surface area contributed by atoms with Gasteiger partial charge in [0.1, 0.15) is 42.3 Å². The molecule has 0 aliphatic carbocycles. The minimum Gasteiger partial charge on any atom is -0.480 e. The van der Waals surface area contributed by atoms with Gasteiger partial charge in [-0.15, -0.1) is 0 Å². The normalized spacial score (nSPS) is 15.0. The molecule has 2 rings (SSSR count). The predicted molar refractivity (Wildman–Crippen MR) is 266 cm³/mol. The van der Waals surface area contributed by atoms with Gasteiger partial charge < -0.3 is 64.2 Å². The van der Waals surface area contributed by atoms with Crippen molar-refractivity contribution in [2.45, 2.75) is 148 Å². The van der Waals surface area contributed by atoms with E-state index in [4.69, 9.17) is 11.5 Å². The Morgan fingerprint density at radius 3 is 1.54 bits per heavy atom. The first kappa shape index (κ1) is 60.7. The van der Waals surface area contributed by atoms with Crippen LogP contribution in [0.5, 0.6) is 0 Å². The Balaban J connectivity index is 2.16. The highest BCUT2D eigenvalue weighted by Crippen LogP contribution is 2.13. The number of carboxylic acid groups (broad SMARTS) is 1. The highest BCUT2D eigenvalue weighted by Gasteiger charge is 2.34. The molecule has 0 radical (unpaired) electrons. The van der Waals surface area contributed by atoms with Gasteiger partial charge in [0.2, 0.25) is 47.3 Å². The molecule has 2 aromatic rings. The van der Waals surface area contributed by atoms with Crippen LogP contribution in [0.4, 0.5) is 0 Å². The number of hydrogen-bond donors (Lipinski definition) is 12. The molecule has 9 atom stereocenters. The van der Waals surface area contributed by atoms with Gasteiger partial charge in [0.05, 0.1) is 19.2 Å². The van der Waals surface area contributed by atoms with Gasteiger partial charge in [0.25, 0.3) is 0 Å². The molecule has 0 bridgehead atoms. The number of aliphatic hydroxyl groups excluding tert-OH is 1. The number of hydrogen-bond acceptors (Lipinski definition) is 12. The van der Waals surface area contributed by atoms with Gasteiger partial charge in [0.15, 0.2) is 0 Å². The largest absolute Gasteiger partial charge is 0.480 e. The SMILES string of the molecule is CCC(C)C(NC(=O)C(N)CCCCN)C(=O)NC(Cc1ccccc1)C(=O)NCC(=O)NC(CO)C(=O)NC(CC(C)C)C(=O)NC(C)C(=O)NC(Cc1ccccc1)C(=O)NC(CC(C)C)C(=O)O. The highest BCUT2D eigenvalue weighted by molar-refractivity contribution is 5.97. The molecule has 0 aliphatic heterocycles. The van der Waals surface area contributed by atoms with Gasteiger partial charge in [-0.2, -0.15) is 0 Å². The van der Waals surface area contributed by atoms with Gasteiger partial charge in [-0.3, -0.25) is 38.4 Å². The Kier molecular flexibility index (Phi) is 27.1. The second-order valence-corrected chi connectivity index (χ2v) is 18.7. The van der Waals surface area contributed by atoms with Crippen LogP contribution in [0.2, 0.25) is 0 Å². The fourth-order valence-electron chi connectivity index (χ4n) is 7.33. The molecule has 14 N–H and O–H groups in total. The minimum atomic E-state index is -1.59. The van der Waals surface area contributed by atoms with E-state index in [9.17, 15) is 53.4 Å². The van der Waals surface area contributed by atoms with Crippen molar-refractivity contribution in [1.82, 2.24) is 42.5 Å². The Hall–Kier alpha value is -6.45. The summed E-state index contributed by atoms with van der Waals surface area (Å²) in [5, 5.41) is 40.4. The molecule has 0 saturated heterocycles. The second-order valence-electron chi connectivity index (χ2n) is 18.7. The summed E-state index contributed by atoms with van der Waals surface area (Å²) in [7, 11) is 0. The van der Waals surface area contributed by atoms with E-state index in [0.717, 1.165) is 0 Å². The summed E-state index contributed by atoms with van der Waals surface area (Å²) in [6, 6.07) is 7.83. The topological polar surface area (TPSA) is 342 Å². The van der Waals surface area contributed by atoms with Crippen molar-refractivity contribution < 1.29 is 53.4 Å². The number of aliphatic carboxylic acids is 1. The van der Waals surface area contributed by atoms with Crippen molar-refractivity contribution >= 4 is 53.2 Å². The summed E-state index contributed by atoms with van der Waals surface area (Å²) < 4.78 is 0. The van der Waals surface area contributed by atoms with E-state index in [1.54, 1.807) is 81.4 Å². The lowest BCUT2D eigenvalue weighted by Crippen LogP contribution is -2.59. The third-order valence-electron chi connectivity index (χ3n) is 11.6. The molecule has 2 aromatic carbocycles. The summed E-state index contributed by atoms with van der Waals surface area (Å²) in [4.78, 5) is 120. The molecule has 0 fully saturated rings. The quantitative estimate of drug-likeness (QED) is 0.0419. The first-order valence-electron chi connectivity index (χ1n) is 24.4. The fraction of sp³-hybridized carbons (Fsp3) is 0.580. The van der Waals surface area contributed by atoms with Gasteiger partial charge in [0, 0.05) is 12.8 Å². The number of benzene rings is 2. The Bertz CT molecular complexity index is 2040. The Morgan fingerprint density at radius 1 is 0.549 bits per heavy atom. The lowest BCUT2D eigenvalue weighted by atomic mass is 9.96. The smallest absolute Gasteiger partial charge is 0.326 e. The van der Waals surface area contributed by atoms with E-state index in [1.165, 1.54) is 6.92 Å². The predicted octanol–water partition coefficient (Wildman–Crippen LogP) is -0.327. The molecule has 0 aromatic heterocycles. The molecule has 21 nitrogen and oxygen atoms in total. The first-order chi connectivity index (χ1) is 33.6. The average molecular weight is 995 g/mol. The van der Waals surface area contributed by atoms with Crippen molar-refractivity contribution in [1.29, 1.82) is 0 Å². The Labute approximate surface area is 416 Å². The van der Waals surface area contributed by atoms with Crippen molar-refractivity contribution in [3.8, 4) is 0 Å². The number of carbonyl (C=O) groups is 9. The Morgan fingerprint density at radius 2 is 1.03 bits per heavy atom. The van der Waals surface area contributed by atoms with Crippen LogP contribution in [0, 0.1) is 17.8 Å². The molecule has 0 heterocycles. The first-order valence-corrected chi connectivity index (χ1v) is 24.4. The van der Waals surface area contributed by atoms with Gasteiger partial charge in [-0.05, 0) is 68.0 Å². The van der Waals surface area contributed by atoms with Gasteiger partial charge in [-0.1, -0.05) is 115 Å². The second kappa shape index (κ2) is 31.7. The number of unbranched alkanes of at least 4 members (excludes halogenated alkanes) is 1. The van der Waals surface area contributed by atoms with Crippen molar-refractivity contribution in [3.63, 3.8) is 0 Å². The van der Waals surface area contributed by atoms with Crippen LogP contribution < -0.4 is 54.0 Å². The zero-order valence-electron chi connectivity index (χ0n) is 42.1. The van der Waals surface area contributed by atoms with Crippen LogP contribution in [-0.2, 0) is 56.0 Å². The summed E-state index contributed by atoms with van der Waals surface area (Å²) in [6.07, 6.45) is 2.41. The number of amides is 8. The van der Waals surface area contributed by atoms with Crippen LogP contribution in [0.25, 0.3) is 0 Å². The standard InChI is InChI=1S/C50H78N10O11/c1-8-31(6)42(60-44(64)35(52)21-15-16-22-51)49(69)58-37(25-33-17-11-9-12-18-33)45(65)53-27-41(62)55-40(28-61)48(68)57-36(23-29(2)3)46(66)54-32(7)43(63)56-38(26-34-19-13-10-14-20-34)47(67)59-39(50(70)71)24-30(4)5/h9-14,17-20,29-32,35-40,42,61H,8,15-16,21-28,51-52H2,1-7H3,(H,53,65)(H,54,66)(H,55,62)(H,56,63)(H,57,68)(H,58,69)(H,59,67)(H,60,64)(H,70,71). The van der Waals surface area contributed by atoms with Crippen LogP contribution in [-0.4, -0.2) is 131 Å². The third kappa shape index (κ3) is 22.5. The lowest BCUT2D eigenvalue weighted by Gasteiger charge is -2.27. The minimum absolute atomic E-state index is 0.00827. The van der Waals surface area contributed by atoms with Gasteiger partial charge >= 0.3 is 5.97 Å². The maximum absolute atomic E-state index is 13.8. The van der Waals surface area contributed by atoms with E-state index in [1.807, 2.05) is 20.8 Å². The zero-order chi connectivity index (χ0) is 53.2. The molecule has 0 aliphatic rings. The summed E-state index contributed by atoms with van der Waals surface area (Å²) in [5.74, 6) is -7.89. The molecular weight excluding hydrogens is 917 g/mol. The van der Waals surface area contributed by atoms with Crippen molar-refractivity contribution in [3.05, 3.63) is 71.8 Å². The number of nitrogens with two attached hydrogens (primary N) is 2. The molecule has 71 heavy (non-hydrogen) atoms. The number of rotatable bonds is 32. The van der Waals surface area contributed by atoms with E-state index in [-0.39, 0.29) is 43.4 Å².